The molecule has 26 heavy (non-hydrogen) atoms. The molecule has 142 valence electrons. The number of amides is 1. The van der Waals surface area contributed by atoms with E-state index in [-0.39, 0.29) is 29.8 Å². The molecule has 0 saturated heterocycles. The van der Waals surface area contributed by atoms with Crippen molar-refractivity contribution in [3.8, 4) is 0 Å². The van der Waals surface area contributed by atoms with Crippen molar-refractivity contribution in [1.82, 2.24) is 15.4 Å². The third-order valence-electron chi connectivity index (χ3n) is 3.71. The number of benzene rings is 2. The van der Waals surface area contributed by atoms with Crippen molar-refractivity contribution in [3.63, 3.8) is 0 Å². The maximum atomic E-state index is 12.6. The van der Waals surface area contributed by atoms with Crippen LogP contribution in [-0.4, -0.2) is 34.5 Å². The van der Waals surface area contributed by atoms with E-state index < -0.39 is 10.0 Å². The summed E-state index contributed by atoms with van der Waals surface area (Å²) in [6, 6.07) is 14.0. The topological polar surface area (TPSA) is 87.3 Å². The van der Waals surface area contributed by atoms with E-state index in [4.69, 9.17) is 0 Å². The number of aryl methyl sites for hydroxylation is 1. The Labute approximate surface area is 160 Å². The molecule has 0 aromatic heterocycles. The largest absolute Gasteiger partial charge is 0.351 e. The van der Waals surface area contributed by atoms with Crippen LogP contribution < -0.4 is 15.4 Å². The molecule has 0 saturated carbocycles. The van der Waals surface area contributed by atoms with Crippen LogP contribution in [-0.2, 0) is 16.6 Å². The monoisotopic (exact) mass is 397 g/mol. The lowest BCUT2D eigenvalue weighted by Gasteiger charge is -2.11. The number of hydrogen-bond donors (Lipinski definition) is 3. The molecule has 0 aliphatic rings. The molecule has 0 radical (unpaired) electrons. The lowest BCUT2D eigenvalue weighted by atomic mass is 10.1. The summed E-state index contributed by atoms with van der Waals surface area (Å²) < 4.78 is 27.8. The van der Waals surface area contributed by atoms with Crippen LogP contribution in [0.2, 0.25) is 0 Å². The van der Waals surface area contributed by atoms with Gasteiger partial charge in [0.15, 0.2) is 0 Å². The van der Waals surface area contributed by atoms with Crippen LogP contribution in [0.25, 0.3) is 0 Å². The number of halogens is 1. The van der Waals surface area contributed by atoms with Crippen LogP contribution in [0.1, 0.15) is 21.5 Å². The molecule has 2 rings (SSSR count). The molecule has 0 fully saturated rings. The van der Waals surface area contributed by atoms with Gasteiger partial charge in [0.05, 0.1) is 4.90 Å². The fraction of sp³-hybridized carbons (Fsp3) is 0.278. The Morgan fingerprint density at radius 1 is 1.04 bits per heavy atom. The van der Waals surface area contributed by atoms with Crippen LogP contribution in [0.15, 0.2) is 53.4 Å². The third kappa shape index (κ3) is 6.10. The van der Waals surface area contributed by atoms with Crippen molar-refractivity contribution < 1.29 is 13.2 Å². The lowest BCUT2D eigenvalue weighted by Crippen LogP contribution is -2.31. The molecule has 0 bridgehead atoms. The van der Waals surface area contributed by atoms with Gasteiger partial charge in [-0.1, -0.05) is 36.4 Å². The molecule has 6 nitrogen and oxygen atoms in total. The number of hydrogen-bond acceptors (Lipinski definition) is 4. The van der Waals surface area contributed by atoms with Gasteiger partial charge in [-0.25, -0.2) is 13.1 Å². The number of sulfonamides is 1. The van der Waals surface area contributed by atoms with Crippen LogP contribution >= 0.6 is 12.4 Å². The highest BCUT2D eigenvalue weighted by Crippen LogP contribution is 2.17. The van der Waals surface area contributed by atoms with Crippen molar-refractivity contribution in [2.75, 3.05) is 20.1 Å². The second kappa shape index (κ2) is 10.3. The summed E-state index contributed by atoms with van der Waals surface area (Å²) >= 11 is 0. The summed E-state index contributed by atoms with van der Waals surface area (Å²) in [5, 5.41) is 5.67. The van der Waals surface area contributed by atoms with E-state index in [0.29, 0.717) is 24.2 Å². The van der Waals surface area contributed by atoms with E-state index in [9.17, 15) is 13.2 Å². The first kappa shape index (κ1) is 22.1. The van der Waals surface area contributed by atoms with Gasteiger partial charge in [-0.15, -0.1) is 12.4 Å². The first-order valence-electron chi connectivity index (χ1n) is 8.01. The van der Waals surface area contributed by atoms with Gasteiger partial charge < -0.3 is 10.6 Å². The van der Waals surface area contributed by atoms with Crippen LogP contribution in [0, 0.1) is 6.92 Å². The van der Waals surface area contributed by atoms with Crippen molar-refractivity contribution in [3.05, 3.63) is 65.2 Å². The summed E-state index contributed by atoms with van der Waals surface area (Å²) in [7, 11) is -1.92. The zero-order valence-corrected chi connectivity index (χ0v) is 16.4. The molecular weight excluding hydrogens is 374 g/mol. The minimum Gasteiger partial charge on any atom is -0.351 e. The summed E-state index contributed by atoms with van der Waals surface area (Å²) in [6.45, 7) is 3.01. The maximum absolute atomic E-state index is 12.6. The van der Waals surface area contributed by atoms with Gasteiger partial charge in [-0.3, -0.25) is 4.79 Å². The van der Waals surface area contributed by atoms with E-state index in [1.54, 1.807) is 26.1 Å². The molecule has 0 aliphatic carbocycles. The number of likely N-dealkylation sites (N-methyl/N-ethyl adjacent to an activating group) is 1. The Morgan fingerprint density at radius 3 is 2.38 bits per heavy atom. The van der Waals surface area contributed by atoms with Gasteiger partial charge in [0.25, 0.3) is 5.91 Å². The second-order valence-electron chi connectivity index (χ2n) is 5.65. The van der Waals surface area contributed by atoms with Gasteiger partial charge in [-0.2, -0.15) is 0 Å². The molecule has 0 unspecified atom stereocenters. The van der Waals surface area contributed by atoms with Gasteiger partial charge in [0, 0.05) is 25.2 Å². The highest BCUT2D eigenvalue weighted by atomic mass is 35.5. The Morgan fingerprint density at radius 2 is 1.73 bits per heavy atom. The molecule has 0 heterocycles. The SMILES string of the molecule is CNCCNC(=O)c1ccc(C)c(S(=O)(=O)NCc2ccccc2)c1.Cl. The minimum atomic E-state index is -3.71. The predicted octanol–water partition coefficient (Wildman–Crippen LogP) is 1.84. The summed E-state index contributed by atoms with van der Waals surface area (Å²) in [6.07, 6.45) is 0. The van der Waals surface area contributed by atoms with Gasteiger partial charge in [0.2, 0.25) is 10.0 Å². The minimum absolute atomic E-state index is 0. The first-order chi connectivity index (χ1) is 11.9. The number of nitrogens with one attached hydrogen (secondary N) is 3. The molecule has 1 amide bonds. The van der Waals surface area contributed by atoms with Crippen molar-refractivity contribution in [1.29, 1.82) is 0 Å². The van der Waals surface area contributed by atoms with E-state index in [0.717, 1.165) is 5.56 Å². The van der Waals surface area contributed by atoms with Crippen molar-refractivity contribution in [2.45, 2.75) is 18.4 Å². The van der Waals surface area contributed by atoms with E-state index >= 15 is 0 Å². The van der Waals surface area contributed by atoms with Gasteiger partial charge >= 0.3 is 0 Å². The number of rotatable bonds is 8. The van der Waals surface area contributed by atoms with Gasteiger partial charge in [-0.05, 0) is 37.2 Å². The molecular formula is C18H24ClN3O3S. The molecule has 0 spiro atoms. The highest BCUT2D eigenvalue weighted by Gasteiger charge is 2.18. The lowest BCUT2D eigenvalue weighted by molar-refractivity contribution is 0.0954. The fourth-order valence-corrected chi connectivity index (χ4v) is 3.57. The predicted molar refractivity (Wildman–Crippen MR) is 105 cm³/mol. The Hall–Kier alpha value is -1.93. The standard InChI is InChI=1S/C18H23N3O3S.ClH/c1-14-8-9-16(18(22)20-11-10-19-2)12-17(14)25(23,24)21-13-15-6-4-3-5-7-15;/h3-9,12,19,21H,10-11,13H2,1-2H3,(H,20,22);1H. The molecule has 0 atom stereocenters. The Kier molecular flexibility index (Phi) is 8.74. The van der Waals surface area contributed by atoms with E-state index in [2.05, 4.69) is 15.4 Å². The van der Waals surface area contributed by atoms with Crippen molar-refractivity contribution >= 4 is 28.3 Å². The molecule has 0 aliphatic heterocycles. The van der Waals surface area contributed by atoms with Crippen LogP contribution in [0.5, 0.6) is 0 Å². The number of carbonyl (C=O) groups excluding carboxylic acids is 1. The van der Waals surface area contributed by atoms with Gasteiger partial charge in [0.1, 0.15) is 0 Å². The zero-order valence-electron chi connectivity index (χ0n) is 14.8. The quantitative estimate of drug-likeness (QED) is 0.593. The van der Waals surface area contributed by atoms with Crippen molar-refractivity contribution in [2.24, 2.45) is 0 Å². The average Bonchev–Trinajstić information content (AvgIpc) is 2.61. The molecule has 2 aromatic rings. The van der Waals surface area contributed by atoms with Crippen LogP contribution in [0.3, 0.4) is 0 Å². The summed E-state index contributed by atoms with van der Waals surface area (Å²) in [5.41, 5.74) is 1.78. The van der Waals surface area contributed by atoms with Crippen LogP contribution in [0.4, 0.5) is 0 Å². The zero-order chi connectivity index (χ0) is 18.3. The molecule has 3 N–H and O–H groups in total. The normalized spacial score (nSPS) is 10.8. The Bertz CT molecular complexity index is 827. The van der Waals surface area contributed by atoms with E-state index in [1.807, 2.05) is 30.3 Å². The first-order valence-corrected chi connectivity index (χ1v) is 9.49. The molecule has 2 aromatic carbocycles. The molecule has 8 heteroatoms. The highest BCUT2D eigenvalue weighted by molar-refractivity contribution is 7.89. The number of carbonyl (C=O) groups is 1. The fourth-order valence-electron chi connectivity index (χ4n) is 2.29. The second-order valence-corrected chi connectivity index (χ2v) is 7.39. The third-order valence-corrected chi connectivity index (χ3v) is 5.25. The summed E-state index contributed by atoms with van der Waals surface area (Å²) in [4.78, 5) is 12.3. The average molecular weight is 398 g/mol. The Balaban J connectivity index is 0.00000338. The maximum Gasteiger partial charge on any atom is 0.251 e. The summed E-state index contributed by atoms with van der Waals surface area (Å²) in [5.74, 6) is -0.297. The van der Waals surface area contributed by atoms with E-state index in [1.165, 1.54) is 6.07 Å². The smallest absolute Gasteiger partial charge is 0.251 e.